The van der Waals surface area contributed by atoms with E-state index in [1.807, 2.05) is 25.1 Å². The van der Waals surface area contributed by atoms with Crippen molar-refractivity contribution in [1.82, 2.24) is 9.62 Å². The van der Waals surface area contributed by atoms with E-state index in [-0.39, 0.29) is 45.9 Å². The van der Waals surface area contributed by atoms with Gasteiger partial charge in [0, 0.05) is 25.0 Å². The Bertz CT molecular complexity index is 975. The third-order valence-corrected chi connectivity index (χ3v) is 8.33. The van der Waals surface area contributed by atoms with Gasteiger partial charge in [0.25, 0.3) is 0 Å². The van der Waals surface area contributed by atoms with E-state index < -0.39 is 10.0 Å². The lowest BCUT2D eigenvalue weighted by Crippen LogP contribution is -2.44. The molecule has 0 aliphatic carbocycles. The molecule has 1 aliphatic rings. The van der Waals surface area contributed by atoms with Crippen LogP contribution in [0, 0.1) is 5.92 Å². The minimum Gasteiger partial charge on any atom is -0.353 e. The number of nitrogens with one attached hydrogen (secondary N) is 1. The summed E-state index contributed by atoms with van der Waals surface area (Å²) in [6.07, 6.45) is 2.72. The van der Waals surface area contributed by atoms with Gasteiger partial charge in [-0.05, 0) is 50.3 Å². The summed E-state index contributed by atoms with van der Waals surface area (Å²) in [5.41, 5.74) is 1.25. The molecule has 3 rings (SSSR count). The van der Waals surface area contributed by atoms with E-state index in [0.29, 0.717) is 12.8 Å². The van der Waals surface area contributed by atoms with E-state index >= 15 is 0 Å². The average molecular weight is 469 g/mol. The average Bonchev–Trinajstić information content (AvgIpc) is 2.75. The molecule has 0 bridgehead atoms. The zero-order chi connectivity index (χ0) is 21.7. The molecular formula is C22H26Cl2N2O3S. The van der Waals surface area contributed by atoms with Gasteiger partial charge in [0.2, 0.25) is 15.9 Å². The molecule has 1 atom stereocenters. The van der Waals surface area contributed by atoms with Gasteiger partial charge in [-0.1, -0.05) is 59.6 Å². The molecule has 1 N–H and O–H groups in total. The third kappa shape index (κ3) is 5.55. The maximum absolute atomic E-state index is 12.9. The van der Waals surface area contributed by atoms with Crippen LogP contribution in [0.2, 0.25) is 10.0 Å². The van der Waals surface area contributed by atoms with Gasteiger partial charge in [-0.25, -0.2) is 8.42 Å². The largest absolute Gasteiger partial charge is 0.353 e. The molecule has 0 aromatic heterocycles. The molecule has 1 unspecified atom stereocenters. The number of amides is 1. The van der Waals surface area contributed by atoms with Crippen LogP contribution >= 0.6 is 23.2 Å². The zero-order valence-corrected chi connectivity index (χ0v) is 19.2. The van der Waals surface area contributed by atoms with E-state index in [0.717, 1.165) is 12.8 Å². The van der Waals surface area contributed by atoms with E-state index in [9.17, 15) is 13.2 Å². The second-order valence-electron chi connectivity index (χ2n) is 7.66. The first-order chi connectivity index (χ1) is 14.3. The fourth-order valence-electron chi connectivity index (χ4n) is 3.64. The van der Waals surface area contributed by atoms with Crippen molar-refractivity contribution in [2.45, 2.75) is 43.5 Å². The number of aryl methyl sites for hydroxylation is 1. The molecular weight excluding hydrogens is 443 g/mol. The topological polar surface area (TPSA) is 66.5 Å². The van der Waals surface area contributed by atoms with Crippen molar-refractivity contribution in [2.24, 2.45) is 5.92 Å². The van der Waals surface area contributed by atoms with Crippen LogP contribution in [0.15, 0.2) is 53.4 Å². The van der Waals surface area contributed by atoms with Crippen LogP contribution in [0.5, 0.6) is 0 Å². The van der Waals surface area contributed by atoms with Crippen molar-refractivity contribution in [3.8, 4) is 0 Å². The predicted octanol–water partition coefficient (Wildman–Crippen LogP) is 4.53. The molecule has 2 aromatic rings. The van der Waals surface area contributed by atoms with Gasteiger partial charge >= 0.3 is 0 Å². The Balaban J connectivity index is 1.52. The van der Waals surface area contributed by atoms with Gasteiger partial charge in [-0.3, -0.25) is 4.79 Å². The summed E-state index contributed by atoms with van der Waals surface area (Å²) in [5, 5.41) is 3.31. The van der Waals surface area contributed by atoms with Gasteiger partial charge < -0.3 is 5.32 Å². The van der Waals surface area contributed by atoms with Crippen molar-refractivity contribution in [1.29, 1.82) is 0 Å². The van der Waals surface area contributed by atoms with Crippen molar-refractivity contribution < 1.29 is 13.2 Å². The number of sulfonamides is 1. The summed E-state index contributed by atoms with van der Waals surface area (Å²) >= 11 is 12.1. The third-order valence-electron chi connectivity index (χ3n) is 5.46. The maximum atomic E-state index is 12.9. The number of halogens is 2. The Labute approximate surface area is 188 Å². The number of nitrogens with zero attached hydrogens (tertiary/aromatic N) is 1. The molecule has 5 nitrogen and oxygen atoms in total. The second kappa shape index (κ2) is 10.1. The number of hydrogen-bond donors (Lipinski definition) is 1. The highest BCUT2D eigenvalue weighted by Gasteiger charge is 2.33. The summed E-state index contributed by atoms with van der Waals surface area (Å²) in [7, 11) is -3.74. The van der Waals surface area contributed by atoms with E-state index in [1.165, 1.54) is 15.9 Å². The minimum atomic E-state index is -3.74. The summed E-state index contributed by atoms with van der Waals surface area (Å²) in [6.45, 7) is 2.56. The summed E-state index contributed by atoms with van der Waals surface area (Å²) in [5.74, 6) is -0.196. The molecule has 1 aliphatic heterocycles. The molecule has 0 radical (unpaired) electrons. The van der Waals surface area contributed by atoms with Crippen LogP contribution in [0.25, 0.3) is 0 Å². The van der Waals surface area contributed by atoms with Gasteiger partial charge in [0.1, 0.15) is 4.90 Å². The summed E-state index contributed by atoms with van der Waals surface area (Å²) in [4.78, 5) is 12.6. The Kier molecular flexibility index (Phi) is 7.80. The Morgan fingerprint density at radius 2 is 1.77 bits per heavy atom. The lowest BCUT2D eigenvalue weighted by Gasteiger charge is -2.31. The molecule has 1 heterocycles. The lowest BCUT2D eigenvalue weighted by molar-refractivity contribution is -0.126. The number of rotatable bonds is 7. The van der Waals surface area contributed by atoms with Crippen LogP contribution in [0.1, 0.15) is 31.7 Å². The van der Waals surface area contributed by atoms with E-state index in [2.05, 4.69) is 17.4 Å². The van der Waals surface area contributed by atoms with Crippen LogP contribution in [-0.2, 0) is 21.2 Å². The molecule has 1 fully saturated rings. The Morgan fingerprint density at radius 3 is 2.43 bits per heavy atom. The van der Waals surface area contributed by atoms with Crippen molar-refractivity contribution in [3.05, 3.63) is 64.1 Å². The quantitative estimate of drug-likeness (QED) is 0.648. The zero-order valence-electron chi connectivity index (χ0n) is 16.9. The highest BCUT2D eigenvalue weighted by atomic mass is 35.5. The molecule has 1 amide bonds. The summed E-state index contributed by atoms with van der Waals surface area (Å²) < 4.78 is 27.2. The monoisotopic (exact) mass is 468 g/mol. The Hall–Kier alpha value is -1.60. The fraction of sp³-hybridized carbons (Fsp3) is 0.409. The number of benzene rings is 2. The number of carbonyl (C=O) groups is 1. The lowest BCUT2D eigenvalue weighted by atomic mass is 9.96. The molecule has 1 saturated heterocycles. The van der Waals surface area contributed by atoms with Gasteiger partial charge in [0.05, 0.1) is 10.0 Å². The first kappa shape index (κ1) is 23.1. The number of piperidine rings is 1. The van der Waals surface area contributed by atoms with Crippen LogP contribution in [0.4, 0.5) is 0 Å². The standard InChI is InChI=1S/C22H26Cl2N2O3S/c1-16(10-11-17-6-3-2-4-7-17)25-22(27)18-12-14-26(15-13-18)30(28,29)20-9-5-8-19(23)21(20)24/h2-9,16,18H,10-15H2,1H3,(H,25,27). The van der Waals surface area contributed by atoms with Gasteiger partial charge in [-0.15, -0.1) is 0 Å². The number of carbonyl (C=O) groups excluding carboxylic acids is 1. The maximum Gasteiger partial charge on any atom is 0.244 e. The van der Waals surface area contributed by atoms with E-state index in [4.69, 9.17) is 23.2 Å². The van der Waals surface area contributed by atoms with Crippen molar-refractivity contribution in [3.63, 3.8) is 0 Å². The van der Waals surface area contributed by atoms with Crippen LogP contribution in [0.3, 0.4) is 0 Å². The highest BCUT2D eigenvalue weighted by molar-refractivity contribution is 7.89. The number of hydrogen-bond acceptors (Lipinski definition) is 3. The van der Waals surface area contributed by atoms with Crippen LogP contribution in [-0.4, -0.2) is 37.8 Å². The fourth-order valence-corrected chi connectivity index (χ4v) is 5.85. The predicted molar refractivity (Wildman–Crippen MR) is 120 cm³/mol. The molecule has 8 heteroatoms. The highest BCUT2D eigenvalue weighted by Crippen LogP contribution is 2.32. The van der Waals surface area contributed by atoms with E-state index in [1.54, 1.807) is 12.1 Å². The minimum absolute atomic E-state index is 0.00611. The molecule has 0 saturated carbocycles. The SMILES string of the molecule is CC(CCc1ccccc1)NC(=O)C1CCN(S(=O)(=O)c2cccc(Cl)c2Cl)CC1. The smallest absolute Gasteiger partial charge is 0.244 e. The Morgan fingerprint density at radius 1 is 1.10 bits per heavy atom. The van der Waals surface area contributed by atoms with Crippen LogP contribution < -0.4 is 5.32 Å². The molecule has 162 valence electrons. The van der Waals surface area contributed by atoms with Gasteiger partial charge in [0.15, 0.2) is 0 Å². The summed E-state index contributed by atoms with van der Waals surface area (Å²) in [6, 6.07) is 14.8. The first-order valence-electron chi connectivity index (χ1n) is 10.1. The molecule has 0 spiro atoms. The normalized spacial score (nSPS) is 16.9. The molecule has 2 aromatic carbocycles. The van der Waals surface area contributed by atoms with Gasteiger partial charge in [-0.2, -0.15) is 4.31 Å². The second-order valence-corrected chi connectivity index (χ2v) is 10.4. The van der Waals surface area contributed by atoms with Crippen molar-refractivity contribution >= 4 is 39.1 Å². The first-order valence-corrected chi connectivity index (χ1v) is 12.3. The molecule has 30 heavy (non-hydrogen) atoms. The van der Waals surface area contributed by atoms with Crippen molar-refractivity contribution in [2.75, 3.05) is 13.1 Å².